The molecule has 0 spiro atoms. The van der Waals surface area contributed by atoms with Crippen molar-refractivity contribution in [1.82, 2.24) is 29.8 Å². The molecule has 28 heavy (non-hydrogen) atoms. The van der Waals surface area contributed by atoms with Gasteiger partial charge in [0, 0.05) is 26.2 Å². The number of hydrogen-bond donors (Lipinski definition) is 1. The smallest absolute Gasteiger partial charge is 0.269 e. The second kappa shape index (κ2) is 8.07. The van der Waals surface area contributed by atoms with E-state index in [1.54, 1.807) is 4.68 Å². The van der Waals surface area contributed by atoms with Crippen molar-refractivity contribution in [3.8, 4) is 0 Å². The SMILES string of the molecule is CC(C)c1cc(C(=O)NCc2cc3n(n2)CCN(C2CCCCC2)C3)n(C)n1. The molecule has 152 valence electrons. The number of nitrogens with zero attached hydrogens (tertiary/aromatic N) is 5. The van der Waals surface area contributed by atoms with Crippen LogP contribution < -0.4 is 5.32 Å². The van der Waals surface area contributed by atoms with Gasteiger partial charge in [-0.05, 0) is 30.9 Å². The first kappa shape index (κ1) is 19.2. The summed E-state index contributed by atoms with van der Waals surface area (Å²) in [4.78, 5) is 15.2. The molecule has 0 bridgehead atoms. The van der Waals surface area contributed by atoms with Crippen molar-refractivity contribution in [3.05, 3.63) is 34.9 Å². The lowest BCUT2D eigenvalue weighted by atomic mass is 9.94. The Hall–Kier alpha value is -2.15. The number of amides is 1. The van der Waals surface area contributed by atoms with Gasteiger partial charge in [-0.1, -0.05) is 33.1 Å². The summed E-state index contributed by atoms with van der Waals surface area (Å²) in [6.45, 7) is 7.61. The van der Waals surface area contributed by atoms with E-state index in [-0.39, 0.29) is 5.91 Å². The largest absolute Gasteiger partial charge is 0.345 e. The average molecular weight is 385 g/mol. The van der Waals surface area contributed by atoms with Crippen LogP contribution in [0.2, 0.25) is 0 Å². The third-order valence-electron chi connectivity index (χ3n) is 6.12. The van der Waals surface area contributed by atoms with E-state index in [9.17, 15) is 4.79 Å². The second-order valence-corrected chi connectivity index (χ2v) is 8.53. The van der Waals surface area contributed by atoms with E-state index in [2.05, 4.69) is 39.9 Å². The van der Waals surface area contributed by atoms with Gasteiger partial charge in [-0.25, -0.2) is 0 Å². The van der Waals surface area contributed by atoms with Crippen molar-refractivity contribution in [2.45, 2.75) is 77.5 Å². The lowest BCUT2D eigenvalue weighted by Crippen LogP contribution is -2.42. The maximum Gasteiger partial charge on any atom is 0.269 e. The van der Waals surface area contributed by atoms with Gasteiger partial charge in [0.25, 0.3) is 5.91 Å². The molecule has 3 heterocycles. The molecule has 2 aliphatic rings. The van der Waals surface area contributed by atoms with Gasteiger partial charge in [-0.15, -0.1) is 0 Å². The molecule has 7 heteroatoms. The Morgan fingerprint density at radius 1 is 1.18 bits per heavy atom. The zero-order chi connectivity index (χ0) is 19.7. The Kier molecular flexibility index (Phi) is 5.53. The molecule has 1 fully saturated rings. The first-order valence-corrected chi connectivity index (χ1v) is 10.6. The van der Waals surface area contributed by atoms with Crippen LogP contribution in [-0.4, -0.2) is 43.0 Å². The minimum Gasteiger partial charge on any atom is -0.345 e. The van der Waals surface area contributed by atoms with Crippen molar-refractivity contribution in [2.75, 3.05) is 6.54 Å². The van der Waals surface area contributed by atoms with Gasteiger partial charge in [-0.2, -0.15) is 10.2 Å². The van der Waals surface area contributed by atoms with E-state index in [0.29, 0.717) is 18.2 Å². The van der Waals surface area contributed by atoms with Crippen LogP contribution in [0.4, 0.5) is 0 Å². The average Bonchev–Trinajstić information content (AvgIpc) is 3.29. The molecule has 1 N–H and O–H groups in total. The van der Waals surface area contributed by atoms with Crippen LogP contribution in [0.15, 0.2) is 12.1 Å². The molecule has 2 aromatic rings. The molecule has 0 aromatic carbocycles. The Morgan fingerprint density at radius 3 is 2.68 bits per heavy atom. The monoisotopic (exact) mass is 384 g/mol. The molecular weight excluding hydrogens is 352 g/mol. The van der Waals surface area contributed by atoms with Crippen LogP contribution in [-0.2, 0) is 26.7 Å². The molecule has 1 saturated carbocycles. The first-order valence-electron chi connectivity index (χ1n) is 10.6. The summed E-state index contributed by atoms with van der Waals surface area (Å²) >= 11 is 0. The van der Waals surface area contributed by atoms with Crippen LogP contribution in [0.5, 0.6) is 0 Å². The van der Waals surface area contributed by atoms with E-state index in [0.717, 1.165) is 37.1 Å². The summed E-state index contributed by atoms with van der Waals surface area (Å²) in [5, 5.41) is 12.1. The minimum atomic E-state index is -0.100. The molecule has 0 radical (unpaired) electrons. The number of aryl methyl sites for hydroxylation is 1. The zero-order valence-corrected chi connectivity index (χ0v) is 17.3. The fraction of sp³-hybridized carbons (Fsp3) is 0.667. The quantitative estimate of drug-likeness (QED) is 0.861. The van der Waals surface area contributed by atoms with Crippen molar-refractivity contribution < 1.29 is 4.79 Å². The molecule has 2 aromatic heterocycles. The lowest BCUT2D eigenvalue weighted by Gasteiger charge is -2.36. The molecular formula is C21H32N6O. The third kappa shape index (κ3) is 3.99. The van der Waals surface area contributed by atoms with Crippen LogP contribution in [0.1, 0.15) is 79.4 Å². The molecule has 4 rings (SSSR count). The normalized spacial score (nSPS) is 18.4. The van der Waals surface area contributed by atoms with Gasteiger partial charge in [-0.3, -0.25) is 19.1 Å². The number of nitrogens with one attached hydrogen (secondary N) is 1. The number of rotatable bonds is 5. The summed E-state index contributed by atoms with van der Waals surface area (Å²) in [5.74, 6) is 0.205. The maximum atomic E-state index is 12.6. The summed E-state index contributed by atoms with van der Waals surface area (Å²) in [7, 11) is 1.82. The van der Waals surface area contributed by atoms with Crippen LogP contribution >= 0.6 is 0 Å². The summed E-state index contributed by atoms with van der Waals surface area (Å²) < 4.78 is 3.77. The molecule has 0 saturated heterocycles. The number of carbonyl (C=O) groups excluding carboxylic acids is 1. The molecule has 1 amide bonds. The van der Waals surface area contributed by atoms with Gasteiger partial charge < -0.3 is 5.32 Å². The summed E-state index contributed by atoms with van der Waals surface area (Å²) in [6, 6.07) is 4.76. The van der Waals surface area contributed by atoms with Crippen LogP contribution in [0.25, 0.3) is 0 Å². The van der Waals surface area contributed by atoms with Crippen molar-refractivity contribution in [1.29, 1.82) is 0 Å². The third-order valence-corrected chi connectivity index (χ3v) is 6.12. The van der Waals surface area contributed by atoms with Gasteiger partial charge in [0.15, 0.2) is 0 Å². The van der Waals surface area contributed by atoms with E-state index in [1.165, 1.54) is 37.8 Å². The highest BCUT2D eigenvalue weighted by Crippen LogP contribution is 2.26. The van der Waals surface area contributed by atoms with Crippen molar-refractivity contribution in [2.24, 2.45) is 7.05 Å². The zero-order valence-electron chi connectivity index (χ0n) is 17.3. The summed E-state index contributed by atoms with van der Waals surface area (Å²) in [6.07, 6.45) is 6.79. The Balaban J connectivity index is 1.37. The van der Waals surface area contributed by atoms with Crippen molar-refractivity contribution >= 4 is 5.91 Å². The number of fused-ring (bicyclic) bond motifs is 1. The maximum absolute atomic E-state index is 12.6. The predicted octanol–water partition coefficient (Wildman–Crippen LogP) is 2.82. The number of aromatic nitrogens is 4. The second-order valence-electron chi connectivity index (χ2n) is 8.53. The highest BCUT2D eigenvalue weighted by atomic mass is 16.2. The van der Waals surface area contributed by atoms with E-state index in [4.69, 9.17) is 5.10 Å². The van der Waals surface area contributed by atoms with Crippen molar-refractivity contribution in [3.63, 3.8) is 0 Å². The van der Waals surface area contributed by atoms with E-state index < -0.39 is 0 Å². The molecule has 7 nitrogen and oxygen atoms in total. The highest BCUT2D eigenvalue weighted by molar-refractivity contribution is 5.92. The Morgan fingerprint density at radius 2 is 1.96 bits per heavy atom. The standard InChI is InChI=1S/C21H32N6O/c1-15(2)19-12-20(25(3)24-19)21(28)22-13-16-11-18-14-26(9-10-27(18)23-16)17-7-5-4-6-8-17/h11-12,15,17H,4-10,13-14H2,1-3H3,(H,22,28). The van der Waals surface area contributed by atoms with Crippen LogP contribution in [0.3, 0.4) is 0 Å². The van der Waals surface area contributed by atoms with Gasteiger partial charge in [0.1, 0.15) is 5.69 Å². The minimum absolute atomic E-state index is 0.100. The number of carbonyl (C=O) groups is 1. The number of hydrogen-bond acceptors (Lipinski definition) is 4. The molecule has 0 unspecified atom stereocenters. The van der Waals surface area contributed by atoms with Gasteiger partial charge in [0.2, 0.25) is 0 Å². The fourth-order valence-electron chi connectivity index (χ4n) is 4.44. The van der Waals surface area contributed by atoms with E-state index in [1.807, 2.05) is 13.1 Å². The van der Waals surface area contributed by atoms with Gasteiger partial charge >= 0.3 is 0 Å². The topological polar surface area (TPSA) is 68.0 Å². The Bertz CT molecular complexity index is 830. The highest BCUT2D eigenvalue weighted by Gasteiger charge is 2.26. The van der Waals surface area contributed by atoms with E-state index >= 15 is 0 Å². The van der Waals surface area contributed by atoms with Gasteiger partial charge in [0.05, 0.1) is 30.2 Å². The predicted molar refractivity (Wildman–Crippen MR) is 108 cm³/mol. The summed E-state index contributed by atoms with van der Waals surface area (Å²) in [5.41, 5.74) is 3.73. The fourth-order valence-corrected chi connectivity index (χ4v) is 4.44. The van der Waals surface area contributed by atoms with Crippen LogP contribution in [0, 0.1) is 0 Å². The molecule has 0 atom stereocenters. The first-order chi connectivity index (χ1) is 13.5. The Labute approximate surface area is 167 Å². The molecule has 1 aliphatic heterocycles. The lowest BCUT2D eigenvalue weighted by molar-refractivity contribution is 0.0941. The molecule has 1 aliphatic carbocycles.